The van der Waals surface area contributed by atoms with Gasteiger partial charge in [-0.15, -0.1) is 0 Å². The summed E-state index contributed by atoms with van der Waals surface area (Å²) in [5.41, 5.74) is 7.19. The van der Waals surface area contributed by atoms with Crippen LogP contribution in [0.4, 0.5) is 5.95 Å². The minimum absolute atomic E-state index is 0.328. The van der Waals surface area contributed by atoms with Gasteiger partial charge in [0.05, 0.1) is 5.69 Å². The average Bonchev–Trinajstić information content (AvgIpc) is 2.79. The second-order valence-corrected chi connectivity index (χ2v) is 5.80. The van der Waals surface area contributed by atoms with Crippen molar-refractivity contribution in [3.05, 3.63) is 11.9 Å². The number of imidazole rings is 1. The molecule has 0 amide bonds. The summed E-state index contributed by atoms with van der Waals surface area (Å²) in [5, 5.41) is 0. The number of hydrogen-bond acceptors (Lipinski definition) is 4. The number of rotatable bonds is 6. The van der Waals surface area contributed by atoms with Crippen molar-refractivity contribution in [3.8, 4) is 0 Å². The molecule has 1 fully saturated rings. The number of ether oxygens (including phenoxy) is 1. The Balaban J connectivity index is 2.00. The Morgan fingerprint density at radius 1 is 1.50 bits per heavy atom. The van der Waals surface area contributed by atoms with Crippen LogP contribution in [-0.4, -0.2) is 41.9 Å². The summed E-state index contributed by atoms with van der Waals surface area (Å²) in [6, 6.07) is 0.328. The first-order valence-electron chi connectivity index (χ1n) is 7.73. The Morgan fingerprint density at radius 3 is 3.00 bits per heavy atom. The first-order valence-corrected chi connectivity index (χ1v) is 7.73. The molecule has 1 aromatic rings. The van der Waals surface area contributed by atoms with E-state index in [-0.39, 0.29) is 0 Å². The highest BCUT2D eigenvalue weighted by Crippen LogP contribution is 2.22. The van der Waals surface area contributed by atoms with Crippen LogP contribution in [0.1, 0.15) is 32.4 Å². The van der Waals surface area contributed by atoms with Gasteiger partial charge in [-0.1, -0.05) is 6.92 Å². The fourth-order valence-electron chi connectivity index (χ4n) is 2.78. The van der Waals surface area contributed by atoms with Crippen LogP contribution in [0.5, 0.6) is 0 Å². The second-order valence-electron chi connectivity index (χ2n) is 5.80. The average molecular weight is 280 g/mol. The molecule has 2 heterocycles. The van der Waals surface area contributed by atoms with E-state index in [0.29, 0.717) is 12.0 Å². The molecule has 2 unspecified atom stereocenters. The Labute approximate surface area is 122 Å². The topological polar surface area (TPSA) is 56.3 Å². The quantitative estimate of drug-likeness (QED) is 0.807. The first kappa shape index (κ1) is 15.3. The fraction of sp³-hybridized carbons (Fsp3) is 0.800. The molecular formula is C15H28N4O. The Bertz CT molecular complexity index is 418. The number of piperidine rings is 1. The molecule has 0 bridgehead atoms. The van der Waals surface area contributed by atoms with Gasteiger partial charge in [-0.3, -0.25) is 0 Å². The SMILES string of the molecule is CCOCCCn1cc(C)nc1N1CCC(N)C(C)C1. The monoisotopic (exact) mass is 280 g/mol. The van der Waals surface area contributed by atoms with Crippen molar-refractivity contribution in [3.63, 3.8) is 0 Å². The van der Waals surface area contributed by atoms with E-state index in [4.69, 9.17) is 15.5 Å². The molecule has 0 spiro atoms. The van der Waals surface area contributed by atoms with Crippen LogP contribution in [0.15, 0.2) is 6.20 Å². The number of nitrogens with zero attached hydrogens (tertiary/aromatic N) is 3. The van der Waals surface area contributed by atoms with Crippen LogP contribution in [0.25, 0.3) is 0 Å². The predicted octanol–water partition coefficient (Wildman–Crippen LogP) is 1.79. The highest BCUT2D eigenvalue weighted by Gasteiger charge is 2.25. The summed E-state index contributed by atoms with van der Waals surface area (Å²) in [6.45, 7) is 10.9. The minimum atomic E-state index is 0.328. The van der Waals surface area contributed by atoms with Gasteiger partial charge in [0.25, 0.3) is 0 Å². The van der Waals surface area contributed by atoms with Gasteiger partial charge < -0.3 is 19.9 Å². The largest absolute Gasteiger partial charge is 0.382 e. The molecule has 2 N–H and O–H groups in total. The molecule has 1 aliphatic heterocycles. The van der Waals surface area contributed by atoms with E-state index in [2.05, 4.69) is 29.5 Å². The summed E-state index contributed by atoms with van der Waals surface area (Å²) >= 11 is 0. The Kier molecular flexibility index (Phi) is 5.43. The molecule has 114 valence electrons. The maximum absolute atomic E-state index is 6.10. The molecule has 5 heteroatoms. The smallest absolute Gasteiger partial charge is 0.205 e. The van der Waals surface area contributed by atoms with Gasteiger partial charge in [0.15, 0.2) is 0 Å². The predicted molar refractivity (Wildman–Crippen MR) is 82.0 cm³/mol. The van der Waals surface area contributed by atoms with Crippen molar-refractivity contribution in [2.24, 2.45) is 11.7 Å². The van der Waals surface area contributed by atoms with Gasteiger partial charge in [0, 0.05) is 45.1 Å². The van der Waals surface area contributed by atoms with Crippen molar-refractivity contribution in [1.82, 2.24) is 9.55 Å². The van der Waals surface area contributed by atoms with Crippen LogP contribution in [0.2, 0.25) is 0 Å². The molecule has 1 saturated heterocycles. The summed E-state index contributed by atoms with van der Waals surface area (Å²) in [4.78, 5) is 7.08. The molecule has 1 aromatic heterocycles. The normalized spacial score (nSPS) is 23.3. The summed E-state index contributed by atoms with van der Waals surface area (Å²) in [6.07, 6.45) is 4.21. The van der Waals surface area contributed by atoms with Crippen LogP contribution < -0.4 is 10.6 Å². The van der Waals surface area contributed by atoms with Crippen LogP contribution in [0.3, 0.4) is 0 Å². The van der Waals surface area contributed by atoms with Gasteiger partial charge in [0.2, 0.25) is 5.95 Å². The fourth-order valence-corrected chi connectivity index (χ4v) is 2.78. The molecule has 2 rings (SSSR count). The molecule has 5 nitrogen and oxygen atoms in total. The molecule has 1 aliphatic rings. The summed E-state index contributed by atoms with van der Waals surface area (Å²) in [5.74, 6) is 1.62. The van der Waals surface area contributed by atoms with Gasteiger partial charge in [-0.05, 0) is 32.6 Å². The van der Waals surface area contributed by atoms with E-state index in [9.17, 15) is 0 Å². The van der Waals surface area contributed by atoms with E-state index in [1.54, 1.807) is 0 Å². The van der Waals surface area contributed by atoms with Gasteiger partial charge >= 0.3 is 0 Å². The van der Waals surface area contributed by atoms with Crippen molar-refractivity contribution in [2.75, 3.05) is 31.2 Å². The maximum atomic E-state index is 6.10. The van der Waals surface area contributed by atoms with E-state index in [0.717, 1.165) is 57.3 Å². The van der Waals surface area contributed by atoms with Crippen molar-refractivity contribution < 1.29 is 4.74 Å². The lowest BCUT2D eigenvalue weighted by Gasteiger charge is -2.35. The third-order valence-electron chi connectivity index (χ3n) is 4.02. The molecule has 0 aliphatic carbocycles. The molecule has 0 radical (unpaired) electrons. The zero-order chi connectivity index (χ0) is 14.5. The van der Waals surface area contributed by atoms with Gasteiger partial charge in [-0.2, -0.15) is 0 Å². The minimum Gasteiger partial charge on any atom is -0.382 e. The highest BCUT2D eigenvalue weighted by molar-refractivity contribution is 5.34. The van der Waals surface area contributed by atoms with Crippen molar-refractivity contribution in [2.45, 2.75) is 46.2 Å². The number of nitrogens with two attached hydrogens (primary N) is 1. The van der Waals surface area contributed by atoms with Gasteiger partial charge in [0.1, 0.15) is 0 Å². The molecule has 2 atom stereocenters. The number of aryl methyl sites for hydroxylation is 2. The van der Waals surface area contributed by atoms with Gasteiger partial charge in [-0.25, -0.2) is 4.98 Å². The third kappa shape index (κ3) is 3.73. The number of hydrogen-bond donors (Lipinski definition) is 1. The van der Waals surface area contributed by atoms with Crippen molar-refractivity contribution >= 4 is 5.95 Å². The lowest BCUT2D eigenvalue weighted by Crippen LogP contribution is -2.46. The molecule has 20 heavy (non-hydrogen) atoms. The van der Waals surface area contributed by atoms with E-state index in [1.165, 1.54) is 0 Å². The lowest BCUT2D eigenvalue weighted by molar-refractivity contribution is 0.141. The first-order chi connectivity index (χ1) is 9.61. The second kappa shape index (κ2) is 7.09. The molecular weight excluding hydrogens is 252 g/mol. The van der Waals surface area contributed by atoms with Crippen LogP contribution in [-0.2, 0) is 11.3 Å². The van der Waals surface area contributed by atoms with E-state index in [1.807, 2.05) is 6.92 Å². The summed E-state index contributed by atoms with van der Waals surface area (Å²) < 4.78 is 7.68. The molecule has 0 aromatic carbocycles. The maximum Gasteiger partial charge on any atom is 0.205 e. The van der Waals surface area contributed by atoms with E-state index < -0.39 is 0 Å². The highest BCUT2D eigenvalue weighted by atomic mass is 16.5. The zero-order valence-electron chi connectivity index (χ0n) is 13.0. The number of aromatic nitrogens is 2. The Hall–Kier alpha value is -1.07. The standard InChI is InChI=1S/C15H28N4O/c1-4-20-9-5-7-18-11-13(3)17-15(18)19-8-6-14(16)12(2)10-19/h11-12,14H,4-10,16H2,1-3H3. The van der Waals surface area contributed by atoms with E-state index >= 15 is 0 Å². The summed E-state index contributed by atoms with van der Waals surface area (Å²) in [7, 11) is 0. The zero-order valence-corrected chi connectivity index (χ0v) is 13.0. The van der Waals surface area contributed by atoms with Crippen LogP contribution >= 0.6 is 0 Å². The third-order valence-corrected chi connectivity index (χ3v) is 4.02. The molecule has 0 saturated carbocycles. The van der Waals surface area contributed by atoms with Crippen molar-refractivity contribution in [1.29, 1.82) is 0 Å². The lowest BCUT2D eigenvalue weighted by atomic mass is 9.95. The Morgan fingerprint density at radius 2 is 2.30 bits per heavy atom. The van der Waals surface area contributed by atoms with Crippen LogP contribution in [0, 0.1) is 12.8 Å². The number of anilines is 1.